The highest BCUT2D eigenvalue weighted by Gasteiger charge is 2.17. The minimum atomic E-state index is 0.106. The van der Waals surface area contributed by atoms with Gasteiger partial charge in [-0.1, -0.05) is 37.5 Å². The molecule has 1 saturated carbocycles. The van der Waals surface area contributed by atoms with Crippen LogP contribution in [-0.2, 0) is 0 Å². The van der Waals surface area contributed by atoms with Crippen molar-refractivity contribution in [1.82, 2.24) is 0 Å². The van der Waals surface area contributed by atoms with Gasteiger partial charge in [0, 0.05) is 25.3 Å². The van der Waals surface area contributed by atoms with Gasteiger partial charge in [-0.25, -0.2) is 0 Å². The van der Waals surface area contributed by atoms with Gasteiger partial charge >= 0.3 is 0 Å². The summed E-state index contributed by atoms with van der Waals surface area (Å²) in [5.74, 6) is 0.866. The third-order valence-corrected chi connectivity index (χ3v) is 4.10. The maximum atomic E-state index is 6.06. The quantitative estimate of drug-likeness (QED) is 0.877. The zero-order chi connectivity index (χ0) is 13.0. The number of anilines is 1. The highest BCUT2D eigenvalue weighted by molar-refractivity contribution is 5.54. The molecule has 2 rings (SSSR count). The SMILES string of the molecule is CC(N)c1ccccc1N(C)CC1CCCCC1. The van der Waals surface area contributed by atoms with Crippen LogP contribution in [0.25, 0.3) is 0 Å². The van der Waals surface area contributed by atoms with Gasteiger partial charge < -0.3 is 10.6 Å². The van der Waals surface area contributed by atoms with Crippen molar-refractivity contribution in [2.24, 2.45) is 11.7 Å². The molecule has 1 aliphatic carbocycles. The zero-order valence-corrected chi connectivity index (χ0v) is 11.7. The molecule has 0 radical (unpaired) electrons. The van der Waals surface area contributed by atoms with E-state index in [1.54, 1.807) is 0 Å². The normalized spacial score (nSPS) is 18.6. The molecule has 1 aromatic rings. The maximum Gasteiger partial charge on any atom is 0.0412 e. The Hall–Kier alpha value is -1.02. The fourth-order valence-corrected chi connectivity index (χ4v) is 3.08. The van der Waals surface area contributed by atoms with Crippen LogP contribution in [-0.4, -0.2) is 13.6 Å². The summed E-state index contributed by atoms with van der Waals surface area (Å²) in [4.78, 5) is 2.40. The first-order valence-corrected chi connectivity index (χ1v) is 7.24. The Bertz CT molecular complexity index is 367. The molecule has 1 atom stereocenters. The highest BCUT2D eigenvalue weighted by atomic mass is 15.1. The van der Waals surface area contributed by atoms with Gasteiger partial charge in [0.25, 0.3) is 0 Å². The summed E-state index contributed by atoms with van der Waals surface area (Å²) in [5.41, 5.74) is 8.62. The van der Waals surface area contributed by atoms with Gasteiger partial charge in [0.05, 0.1) is 0 Å². The van der Waals surface area contributed by atoms with Gasteiger partial charge in [-0.05, 0) is 37.3 Å². The second kappa shape index (κ2) is 6.24. The van der Waals surface area contributed by atoms with E-state index in [2.05, 4.69) is 43.1 Å². The van der Waals surface area contributed by atoms with E-state index in [4.69, 9.17) is 5.73 Å². The molecule has 18 heavy (non-hydrogen) atoms. The van der Waals surface area contributed by atoms with Crippen LogP contribution in [0.1, 0.15) is 50.6 Å². The Morgan fingerprint density at radius 2 is 1.89 bits per heavy atom. The van der Waals surface area contributed by atoms with Crippen molar-refractivity contribution in [3.8, 4) is 0 Å². The molecule has 1 unspecified atom stereocenters. The average Bonchev–Trinajstić information content (AvgIpc) is 2.40. The molecule has 0 amide bonds. The lowest BCUT2D eigenvalue weighted by Crippen LogP contribution is -2.28. The summed E-state index contributed by atoms with van der Waals surface area (Å²) >= 11 is 0. The molecule has 0 bridgehead atoms. The van der Waals surface area contributed by atoms with Crippen molar-refractivity contribution in [3.63, 3.8) is 0 Å². The zero-order valence-electron chi connectivity index (χ0n) is 11.7. The van der Waals surface area contributed by atoms with Crippen LogP contribution in [0.5, 0.6) is 0 Å². The van der Waals surface area contributed by atoms with Crippen molar-refractivity contribution >= 4 is 5.69 Å². The van der Waals surface area contributed by atoms with Crippen LogP contribution in [0.15, 0.2) is 24.3 Å². The molecule has 2 N–H and O–H groups in total. The first-order chi connectivity index (χ1) is 8.68. The minimum absolute atomic E-state index is 0.106. The van der Waals surface area contributed by atoms with E-state index >= 15 is 0 Å². The first kappa shape index (κ1) is 13.4. The average molecular weight is 246 g/mol. The molecule has 1 aliphatic rings. The molecule has 0 heterocycles. The standard InChI is InChI=1S/C16H26N2/c1-13(17)15-10-6-7-11-16(15)18(2)12-14-8-4-3-5-9-14/h6-7,10-11,13-14H,3-5,8-9,12,17H2,1-2H3. The lowest BCUT2D eigenvalue weighted by molar-refractivity contribution is 0.362. The minimum Gasteiger partial charge on any atom is -0.374 e. The van der Waals surface area contributed by atoms with E-state index in [-0.39, 0.29) is 6.04 Å². The topological polar surface area (TPSA) is 29.3 Å². The molecular weight excluding hydrogens is 220 g/mol. The Kier molecular flexibility index (Phi) is 4.65. The third kappa shape index (κ3) is 3.26. The molecule has 2 heteroatoms. The lowest BCUT2D eigenvalue weighted by atomic mass is 9.89. The van der Waals surface area contributed by atoms with E-state index in [0.29, 0.717) is 0 Å². The largest absolute Gasteiger partial charge is 0.374 e. The van der Waals surface area contributed by atoms with E-state index in [1.807, 2.05) is 0 Å². The summed E-state index contributed by atoms with van der Waals surface area (Å²) in [7, 11) is 2.20. The smallest absolute Gasteiger partial charge is 0.0412 e. The number of para-hydroxylation sites is 1. The molecular formula is C16H26N2. The van der Waals surface area contributed by atoms with Crippen LogP contribution in [0.4, 0.5) is 5.69 Å². The number of hydrogen-bond donors (Lipinski definition) is 1. The highest BCUT2D eigenvalue weighted by Crippen LogP contribution is 2.28. The van der Waals surface area contributed by atoms with Crippen LogP contribution >= 0.6 is 0 Å². The molecule has 0 saturated heterocycles. The summed E-state index contributed by atoms with van der Waals surface area (Å²) in [6.45, 7) is 3.23. The second-order valence-electron chi connectivity index (χ2n) is 5.73. The number of nitrogens with zero attached hydrogens (tertiary/aromatic N) is 1. The van der Waals surface area contributed by atoms with Gasteiger partial charge in [-0.3, -0.25) is 0 Å². The fourth-order valence-electron chi connectivity index (χ4n) is 3.08. The maximum absolute atomic E-state index is 6.06. The number of hydrogen-bond acceptors (Lipinski definition) is 2. The Labute approximate surface area is 111 Å². The second-order valence-corrected chi connectivity index (χ2v) is 5.73. The van der Waals surface area contributed by atoms with Crippen molar-refractivity contribution in [2.45, 2.75) is 45.1 Å². The van der Waals surface area contributed by atoms with Crippen molar-refractivity contribution < 1.29 is 0 Å². The molecule has 0 spiro atoms. The van der Waals surface area contributed by atoms with Crippen LogP contribution in [0.3, 0.4) is 0 Å². The summed E-state index contributed by atoms with van der Waals surface area (Å²) < 4.78 is 0. The summed E-state index contributed by atoms with van der Waals surface area (Å²) in [6.07, 6.45) is 7.03. The van der Waals surface area contributed by atoms with E-state index in [1.165, 1.54) is 49.9 Å². The van der Waals surface area contributed by atoms with Crippen molar-refractivity contribution in [1.29, 1.82) is 0 Å². The third-order valence-electron chi connectivity index (χ3n) is 4.10. The fraction of sp³-hybridized carbons (Fsp3) is 0.625. The van der Waals surface area contributed by atoms with Crippen LogP contribution in [0, 0.1) is 5.92 Å². The Morgan fingerprint density at radius 1 is 1.22 bits per heavy atom. The molecule has 100 valence electrons. The van der Waals surface area contributed by atoms with Crippen LogP contribution in [0.2, 0.25) is 0 Å². The summed E-state index contributed by atoms with van der Waals surface area (Å²) in [5, 5.41) is 0. The Morgan fingerprint density at radius 3 is 2.56 bits per heavy atom. The van der Waals surface area contributed by atoms with Crippen molar-refractivity contribution in [3.05, 3.63) is 29.8 Å². The molecule has 0 aromatic heterocycles. The molecule has 1 fully saturated rings. The Balaban J connectivity index is 2.05. The van der Waals surface area contributed by atoms with Gasteiger partial charge in [0.1, 0.15) is 0 Å². The van der Waals surface area contributed by atoms with Gasteiger partial charge in [-0.15, -0.1) is 0 Å². The lowest BCUT2D eigenvalue weighted by Gasteiger charge is -2.30. The molecule has 2 nitrogen and oxygen atoms in total. The van der Waals surface area contributed by atoms with Crippen molar-refractivity contribution in [2.75, 3.05) is 18.5 Å². The predicted octanol–water partition coefficient (Wildman–Crippen LogP) is 3.72. The predicted molar refractivity (Wildman–Crippen MR) is 78.9 cm³/mol. The molecule has 0 aliphatic heterocycles. The van der Waals surface area contributed by atoms with E-state index < -0.39 is 0 Å². The first-order valence-electron chi connectivity index (χ1n) is 7.24. The van der Waals surface area contributed by atoms with Gasteiger partial charge in [0.15, 0.2) is 0 Å². The number of rotatable bonds is 4. The summed E-state index contributed by atoms with van der Waals surface area (Å²) in [6, 6.07) is 8.64. The number of benzene rings is 1. The molecule has 1 aromatic carbocycles. The number of nitrogens with two attached hydrogens (primary N) is 1. The van der Waals surface area contributed by atoms with Gasteiger partial charge in [-0.2, -0.15) is 0 Å². The van der Waals surface area contributed by atoms with Gasteiger partial charge in [0.2, 0.25) is 0 Å². The van der Waals surface area contributed by atoms with E-state index in [9.17, 15) is 0 Å². The monoisotopic (exact) mass is 246 g/mol. The van der Waals surface area contributed by atoms with E-state index in [0.717, 1.165) is 5.92 Å². The van der Waals surface area contributed by atoms with Crippen LogP contribution < -0.4 is 10.6 Å².